The van der Waals surface area contributed by atoms with E-state index in [2.05, 4.69) is 6.26 Å². The van der Waals surface area contributed by atoms with Crippen LogP contribution in [-0.4, -0.2) is 5.75 Å². The van der Waals surface area contributed by atoms with E-state index in [1.807, 2.05) is 17.8 Å². The molecule has 0 aromatic carbocycles. The van der Waals surface area contributed by atoms with Crippen molar-refractivity contribution in [3.8, 4) is 0 Å². The van der Waals surface area contributed by atoms with Crippen LogP contribution in [0.5, 0.6) is 0 Å². The van der Waals surface area contributed by atoms with Gasteiger partial charge in [-0.3, -0.25) is 0 Å². The van der Waals surface area contributed by atoms with Gasteiger partial charge in [0.2, 0.25) is 0 Å². The summed E-state index contributed by atoms with van der Waals surface area (Å²) in [5, 5.41) is 0.666. The fourth-order valence-electron chi connectivity index (χ4n) is 1.24. The van der Waals surface area contributed by atoms with Gasteiger partial charge in [0.05, 0.1) is 6.26 Å². The van der Waals surface area contributed by atoms with Gasteiger partial charge in [0, 0.05) is 10.8 Å². The lowest BCUT2D eigenvalue weighted by atomic mass is 10.1. The first kappa shape index (κ1) is 6.35. The van der Waals surface area contributed by atoms with Crippen LogP contribution in [0, 0.1) is 6.26 Å². The molecule has 1 atom stereocenters. The lowest BCUT2D eigenvalue weighted by molar-refractivity contribution is 0.553. The standard InChI is InChI=1S/C8H9OS/c1-2-8(10-5-1)7-3-4-9-6-7/h3-4,8H,1-2,5H2. The van der Waals surface area contributed by atoms with E-state index in [1.165, 1.54) is 24.2 Å². The molecule has 1 aliphatic rings. The van der Waals surface area contributed by atoms with Crippen molar-refractivity contribution < 1.29 is 4.42 Å². The SMILES string of the molecule is [c]1occc1C1CCCS1. The first-order valence-corrected chi connectivity index (χ1v) is 4.58. The molecule has 0 bridgehead atoms. The van der Waals surface area contributed by atoms with Crippen LogP contribution in [0.4, 0.5) is 0 Å². The summed E-state index contributed by atoms with van der Waals surface area (Å²) >= 11 is 2.01. The summed E-state index contributed by atoms with van der Waals surface area (Å²) in [7, 11) is 0. The molecule has 0 aliphatic carbocycles. The number of hydrogen-bond donors (Lipinski definition) is 0. The average molecular weight is 153 g/mol. The Balaban J connectivity index is 2.12. The maximum absolute atomic E-state index is 4.89. The molecule has 10 heavy (non-hydrogen) atoms. The van der Waals surface area contributed by atoms with Gasteiger partial charge in [0.1, 0.15) is 0 Å². The number of furan rings is 1. The first-order valence-electron chi connectivity index (χ1n) is 3.53. The summed E-state index contributed by atoms with van der Waals surface area (Å²) in [6.45, 7) is 0. The molecule has 1 unspecified atom stereocenters. The normalized spacial score (nSPS) is 25.4. The van der Waals surface area contributed by atoms with Gasteiger partial charge in [0.15, 0.2) is 6.26 Å². The lowest BCUT2D eigenvalue weighted by Crippen LogP contribution is -1.82. The molecule has 1 radical (unpaired) electrons. The first-order chi connectivity index (χ1) is 4.97. The van der Waals surface area contributed by atoms with Crippen molar-refractivity contribution in [3.05, 3.63) is 24.2 Å². The molecule has 1 aromatic rings. The van der Waals surface area contributed by atoms with Crippen molar-refractivity contribution in [1.29, 1.82) is 0 Å². The Morgan fingerprint density at radius 1 is 1.70 bits per heavy atom. The summed E-state index contributed by atoms with van der Waals surface area (Å²) in [5.41, 5.74) is 1.24. The van der Waals surface area contributed by atoms with E-state index >= 15 is 0 Å². The van der Waals surface area contributed by atoms with Crippen molar-refractivity contribution in [1.82, 2.24) is 0 Å². The van der Waals surface area contributed by atoms with Crippen LogP contribution in [0.3, 0.4) is 0 Å². The van der Waals surface area contributed by atoms with Crippen molar-refractivity contribution in [2.45, 2.75) is 18.1 Å². The quantitative estimate of drug-likeness (QED) is 0.615. The predicted octanol–water partition coefficient (Wildman–Crippen LogP) is 2.65. The number of rotatable bonds is 1. The van der Waals surface area contributed by atoms with Gasteiger partial charge in [-0.25, -0.2) is 0 Å². The topological polar surface area (TPSA) is 13.1 Å². The van der Waals surface area contributed by atoms with E-state index in [0.29, 0.717) is 5.25 Å². The highest BCUT2D eigenvalue weighted by atomic mass is 32.2. The second kappa shape index (κ2) is 2.70. The molecule has 1 aromatic heterocycles. The number of hydrogen-bond acceptors (Lipinski definition) is 2. The van der Waals surface area contributed by atoms with Crippen LogP contribution in [0.25, 0.3) is 0 Å². The van der Waals surface area contributed by atoms with Crippen LogP contribution in [0.1, 0.15) is 23.7 Å². The molecule has 2 heteroatoms. The molecule has 2 rings (SSSR count). The molecule has 1 aliphatic heterocycles. The highest BCUT2D eigenvalue weighted by Crippen LogP contribution is 2.39. The molecule has 0 N–H and O–H groups in total. The van der Waals surface area contributed by atoms with Gasteiger partial charge in [-0.15, -0.1) is 0 Å². The summed E-state index contributed by atoms with van der Waals surface area (Å²) in [6.07, 6.45) is 7.22. The Bertz CT molecular complexity index is 187. The van der Waals surface area contributed by atoms with E-state index in [4.69, 9.17) is 4.42 Å². The van der Waals surface area contributed by atoms with Gasteiger partial charge >= 0.3 is 0 Å². The second-order valence-corrected chi connectivity index (χ2v) is 3.79. The third-order valence-electron chi connectivity index (χ3n) is 1.77. The maximum atomic E-state index is 4.89. The molecule has 2 heterocycles. The fourth-order valence-corrected chi connectivity index (χ4v) is 2.50. The maximum Gasteiger partial charge on any atom is 0.173 e. The Morgan fingerprint density at radius 3 is 3.30 bits per heavy atom. The highest BCUT2D eigenvalue weighted by molar-refractivity contribution is 7.99. The van der Waals surface area contributed by atoms with Crippen LogP contribution in [0.2, 0.25) is 0 Å². The Hall–Kier alpha value is -0.370. The minimum atomic E-state index is 0.666. The van der Waals surface area contributed by atoms with Crippen LogP contribution >= 0.6 is 11.8 Å². The minimum Gasteiger partial charge on any atom is -0.461 e. The Labute approximate surface area is 64.8 Å². The smallest absolute Gasteiger partial charge is 0.173 e. The minimum absolute atomic E-state index is 0.666. The predicted molar refractivity (Wildman–Crippen MR) is 42.0 cm³/mol. The summed E-state index contributed by atoms with van der Waals surface area (Å²) in [4.78, 5) is 0. The monoisotopic (exact) mass is 153 g/mol. The molecular weight excluding hydrogens is 144 g/mol. The van der Waals surface area contributed by atoms with Gasteiger partial charge in [-0.2, -0.15) is 11.8 Å². The zero-order chi connectivity index (χ0) is 6.81. The molecular formula is C8H9OS. The molecule has 0 amide bonds. The summed E-state index contributed by atoms with van der Waals surface area (Å²) < 4.78 is 4.89. The van der Waals surface area contributed by atoms with Crippen LogP contribution in [0.15, 0.2) is 16.7 Å². The molecule has 53 valence electrons. The zero-order valence-electron chi connectivity index (χ0n) is 5.67. The van der Waals surface area contributed by atoms with E-state index in [1.54, 1.807) is 6.26 Å². The van der Waals surface area contributed by atoms with E-state index in [0.717, 1.165) is 0 Å². The molecule has 1 saturated heterocycles. The van der Waals surface area contributed by atoms with E-state index in [9.17, 15) is 0 Å². The van der Waals surface area contributed by atoms with Crippen molar-refractivity contribution in [2.24, 2.45) is 0 Å². The third kappa shape index (κ3) is 1.08. The largest absolute Gasteiger partial charge is 0.461 e. The Morgan fingerprint density at radius 2 is 2.70 bits per heavy atom. The van der Waals surface area contributed by atoms with E-state index < -0.39 is 0 Å². The van der Waals surface area contributed by atoms with Gasteiger partial charge < -0.3 is 4.42 Å². The Kier molecular flexibility index (Phi) is 1.72. The molecule has 1 nitrogen and oxygen atoms in total. The van der Waals surface area contributed by atoms with E-state index in [-0.39, 0.29) is 0 Å². The molecule has 0 spiro atoms. The fraction of sp³-hybridized carbons (Fsp3) is 0.500. The average Bonchev–Trinajstić information content (AvgIpc) is 2.59. The third-order valence-corrected chi connectivity index (χ3v) is 3.19. The van der Waals surface area contributed by atoms with Crippen molar-refractivity contribution >= 4 is 11.8 Å². The van der Waals surface area contributed by atoms with Gasteiger partial charge in [0.25, 0.3) is 0 Å². The van der Waals surface area contributed by atoms with Gasteiger partial charge in [-0.1, -0.05) is 0 Å². The summed E-state index contributed by atoms with van der Waals surface area (Å²) in [6, 6.07) is 2.02. The van der Waals surface area contributed by atoms with Crippen LogP contribution < -0.4 is 0 Å². The number of thioether (sulfide) groups is 1. The highest BCUT2D eigenvalue weighted by Gasteiger charge is 2.18. The molecule has 0 saturated carbocycles. The second-order valence-electron chi connectivity index (χ2n) is 2.48. The lowest BCUT2D eigenvalue weighted by Gasteiger charge is -2.01. The van der Waals surface area contributed by atoms with Crippen molar-refractivity contribution in [2.75, 3.05) is 5.75 Å². The van der Waals surface area contributed by atoms with Gasteiger partial charge in [-0.05, 0) is 24.7 Å². The van der Waals surface area contributed by atoms with Crippen molar-refractivity contribution in [3.63, 3.8) is 0 Å². The zero-order valence-corrected chi connectivity index (χ0v) is 6.49. The van der Waals surface area contributed by atoms with Crippen LogP contribution in [-0.2, 0) is 0 Å². The summed E-state index contributed by atoms with van der Waals surface area (Å²) in [5.74, 6) is 1.30. The molecule has 1 fully saturated rings.